The zero-order valence-electron chi connectivity index (χ0n) is 17.6. The first-order valence-electron chi connectivity index (χ1n) is 10.5. The third-order valence-electron chi connectivity index (χ3n) is 5.93. The summed E-state index contributed by atoms with van der Waals surface area (Å²) >= 11 is 5.97. The molecule has 0 spiro atoms. The molecule has 2 heterocycles. The molecule has 0 atom stereocenters. The first kappa shape index (κ1) is 22.6. The predicted octanol–water partition coefficient (Wildman–Crippen LogP) is 5.37. The van der Waals surface area contributed by atoms with Crippen molar-refractivity contribution in [3.05, 3.63) is 58.9 Å². The average molecular weight is 465 g/mol. The molecular formula is C23H24ClF3N4O. The van der Waals surface area contributed by atoms with Gasteiger partial charge >= 0.3 is 6.18 Å². The van der Waals surface area contributed by atoms with E-state index in [9.17, 15) is 18.0 Å². The molecule has 1 aliphatic heterocycles. The van der Waals surface area contributed by atoms with Crippen LogP contribution < -0.4 is 5.32 Å². The van der Waals surface area contributed by atoms with Gasteiger partial charge in [0.2, 0.25) is 5.91 Å². The molecule has 1 saturated heterocycles. The molecule has 9 heteroatoms. The lowest BCUT2D eigenvalue weighted by atomic mass is 9.96. The number of benzene rings is 2. The van der Waals surface area contributed by atoms with Crippen LogP contribution in [0.1, 0.15) is 24.2 Å². The largest absolute Gasteiger partial charge is 0.416 e. The van der Waals surface area contributed by atoms with Gasteiger partial charge < -0.3 is 9.88 Å². The van der Waals surface area contributed by atoms with Crippen molar-refractivity contribution in [3.8, 4) is 0 Å². The van der Waals surface area contributed by atoms with E-state index in [1.807, 2.05) is 30.0 Å². The number of hydrogen-bond acceptors (Lipinski definition) is 3. The van der Waals surface area contributed by atoms with Crippen molar-refractivity contribution < 1.29 is 18.0 Å². The third kappa shape index (κ3) is 5.07. The molecule has 1 aliphatic rings. The van der Waals surface area contributed by atoms with Gasteiger partial charge in [0.25, 0.3) is 0 Å². The van der Waals surface area contributed by atoms with E-state index >= 15 is 0 Å². The van der Waals surface area contributed by atoms with E-state index in [2.05, 4.69) is 20.9 Å². The normalized spacial score (nSPS) is 15.9. The second-order valence-corrected chi connectivity index (χ2v) is 8.63. The number of imidazole rings is 1. The first-order valence-corrected chi connectivity index (χ1v) is 10.9. The summed E-state index contributed by atoms with van der Waals surface area (Å²) in [5.41, 5.74) is 1.25. The van der Waals surface area contributed by atoms with Crippen LogP contribution in [0.5, 0.6) is 0 Å². The fraction of sp³-hybridized carbons (Fsp3) is 0.391. The highest BCUT2D eigenvalue weighted by Gasteiger charge is 2.31. The molecule has 0 saturated carbocycles. The maximum absolute atomic E-state index is 12.9. The number of carbonyl (C=O) groups excluding carboxylic acids is 1. The first-order chi connectivity index (χ1) is 15.2. The highest BCUT2D eigenvalue weighted by molar-refractivity contribution is 6.33. The van der Waals surface area contributed by atoms with Crippen molar-refractivity contribution in [1.29, 1.82) is 0 Å². The second kappa shape index (κ2) is 9.11. The number of aryl methyl sites for hydroxylation is 1. The Bertz CT molecular complexity index is 1120. The monoisotopic (exact) mass is 464 g/mol. The molecular weight excluding hydrogens is 441 g/mol. The number of likely N-dealkylation sites (tertiary alicyclic amines) is 1. The standard InChI is InChI=1S/C23H24ClF3N4O/c1-15-28-19-4-2-3-5-21(19)31(15)13-16-8-10-30(11-9-16)14-22(32)29-20-12-17(23(25,26)27)6-7-18(20)24/h2-7,12,16H,8-11,13-14H2,1H3,(H,29,32). The fourth-order valence-electron chi connectivity index (χ4n) is 4.20. The van der Waals surface area contributed by atoms with Crippen molar-refractivity contribution in [2.75, 3.05) is 25.0 Å². The van der Waals surface area contributed by atoms with Gasteiger partial charge in [-0.25, -0.2) is 4.98 Å². The minimum absolute atomic E-state index is 0.0242. The Balaban J connectivity index is 1.31. The van der Waals surface area contributed by atoms with Crippen LogP contribution in [0, 0.1) is 12.8 Å². The number of piperidine rings is 1. The van der Waals surface area contributed by atoms with Gasteiger partial charge in [0.15, 0.2) is 0 Å². The lowest BCUT2D eigenvalue weighted by molar-refractivity contribution is -0.137. The van der Waals surface area contributed by atoms with E-state index in [1.165, 1.54) is 0 Å². The zero-order valence-corrected chi connectivity index (χ0v) is 18.4. The Morgan fingerprint density at radius 1 is 1.19 bits per heavy atom. The minimum atomic E-state index is -4.50. The Hall–Kier alpha value is -2.58. The van der Waals surface area contributed by atoms with Crippen LogP contribution in [0.25, 0.3) is 11.0 Å². The molecule has 32 heavy (non-hydrogen) atoms. The van der Waals surface area contributed by atoms with Crippen molar-refractivity contribution in [2.45, 2.75) is 32.5 Å². The Morgan fingerprint density at radius 2 is 1.91 bits per heavy atom. The van der Waals surface area contributed by atoms with E-state index in [1.54, 1.807) is 0 Å². The van der Waals surface area contributed by atoms with Crippen molar-refractivity contribution in [2.24, 2.45) is 5.92 Å². The van der Waals surface area contributed by atoms with Crippen LogP contribution in [0.2, 0.25) is 5.02 Å². The highest BCUT2D eigenvalue weighted by atomic mass is 35.5. The Morgan fingerprint density at radius 3 is 2.62 bits per heavy atom. The number of rotatable bonds is 5. The lowest BCUT2D eigenvalue weighted by Crippen LogP contribution is -2.40. The number of halogens is 4. The molecule has 0 radical (unpaired) electrons. The van der Waals surface area contributed by atoms with Crippen LogP contribution in [-0.2, 0) is 17.5 Å². The summed E-state index contributed by atoms with van der Waals surface area (Å²) in [5, 5.41) is 2.60. The maximum Gasteiger partial charge on any atom is 0.416 e. The Labute approximate surface area is 189 Å². The van der Waals surface area contributed by atoms with Crippen molar-refractivity contribution >= 4 is 34.2 Å². The van der Waals surface area contributed by atoms with Gasteiger partial charge in [0, 0.05) is 6.54 Å². The number of fused-ring (bicyclic) bond motifs is 1. The van der Waals surface area contributed by atoms with Crippen LogP contribution >= 0.6 is 11.6 Å². The molecule has 1 N–H and O–H groups in total. The maximum atomic E-state index is 12.9. The molecule has 1 aromatic heterocycles. The number of nitrogens with one attached hydrogen (secondary N) is 1. The molecule has 1 fully saturated rings. The van der Waals surface area contributed by atoms with Crippen molar-refractivity contribution in [1.82, 2.24) is 14.5 Å². The topological polar surface area (TPSA) is 50.2 Å². The van der Waals surface area contributed by atoms with Gasteiger partial charge in [-0.1, -0.05) is 23.7 Å². The predicted molar refractivity (Wildman–Crippen MR) is 119 cm³/mol. The quantitative estimate of drug-likeness (QED) is 0.552. The van der Waals surface area contributed by atoms with Gasteiger partial charge in [-0.3, -0.25) is 9.69 Å². The molecule has 3 aromatic rings. The summed E-state index contributed by atoms with van der Waals surface area (Å²) in [4.78, 5) is 19.1. The number of amides is 1. The highest BCUT2D eigenvalue weighted by Crippen LogP contribution is 2.34. The number of anilines is 1. The lowest BCUT2D eigenvalue weighted by Gasteiger charge is -2.32. The number of para-hydroxylation sites is 2. The molecule has 5 nitrogen and oxygen atoms in total. The van der Waals surface area contributed by atoms with E-state index in [-0.39, 0.29) is 23.2 Å². The summed E-state index contributed by atoms with van der Waals surface area (Å²) in [6, 6.07) is 11.0. The summed E-state index contributed by atoms with van der Waals surface area (Å²) < 4.78 is 41.0. The van der Waals surface area contributed by atoms with Crippen LogP contribution in [0.15, 0.2) is 42.5 Å². The number of alkyl halides is 3. The van der Waals surface area contributed by atoms with Gasteiger partial charge in [-0.15, -0.1) is 0 Å². The molecule has 0 bridgehead atoms. The van der Waals surface area contributed by atoms with E-state index in [0.717, 1.165) is 67.5 Å². The smallest absolute Gasteiger partial charge is 0.328 e. The van der Waals surface area contributed by atoms with Gasteiger partial charge in [-0.05, 0) is 69.1 Å². The van der Waals surface area contributed by atoms with Crippen LogP contribution in [0.3, 0.4) is 0 Å². The van der Waals surface area contributed by atoms with Crippen molar-refractivity contribution in [3.63, 3.8) is 0 Å². The molecule has 170 valence electrons. The SMILES string of the molecule is Cc1nc2ccccc2n1CC1CCN(CC(=O)Nc2cc(C(F)(F)F)ccc2Cl)CC1. The minimum Gasteiger partial charge on any atom is -0.328 e. The molecule has 4 rings (SSSR count). The Kier molecular flexibility index (Phi) is 6.44. The fourth-order valence-corrected chi connectivity index (χ4v) is 4.37. The number of carbonyl (C=O) groups is 1. The third-order valence-corrected chi connectivity index (χ3v) is 6.26. The second-order valence-electron chi connectivity index (χ2n) is 8.22. The zero-order chi connectivity index (χ0) is 22.9. The summed E-state index contributed by atoms with van der Waals surface area (Å²) in [5.74, 6) is 1.09. The molecule has 0 unspecified atom stereocenters. The summed E-state index contributed by atoms with van der Waals surface area (Å²) in [6.07, 6.45) is -2.63. The van der Waals surface area contributed by atoms with Gasteiger partial charge in [-0.2, -0.15) is 13.2 Å². The van der Waals surface area contributed by atoms with Gasteiger partial charge in [0.05, 0.1) is 33.9 Å². The number of aromatic nitrogens is 2. The van der Waals surface area contributed by atoms with Crippen LogP contribution in [-0.4, -0.2) is 40.0 Å². The molecule has 1 amide bonds. The number of nitrogens with zero attached hydrogens (tertiary/aromatic N) is 3. The van der Waals surface area contributed by atoms with E-state index < -0.39 is 11.7 Å². The summed E-state index contributed by atoms with van der Waals surface area (Å²) in [6.45, 7) is 4.51. The average Bonchev–Trinajstić information content (AvgIpc) is 3.05. The summed E-state index contributed by atoms with van der Waals surface area (Å²) in [7, 11) is 0. The van der Waals surface area contributed by atoms with Gasteiger partial charge in [0.1, 0.15) is 5.82 Å². The molecule has 0 aliphatic carbocycles. The van der Waals surface area contributed by atoms with E-state index in [4.69, 9.17) is 11.6 Å². The van der Waals surface area contributed by atoms with E-state index in [0.29, 0.717) is 5.92 Å². The number of hydrogen-bond donors (Lipinski definition) is 1. The molecule has 2 aromatic carbocycles. The van der Waals surface area contributed by atoms with Crippen LogP contribution in [0.4, 0.5) is 18.9 Å².